The van der Waals surface area contributed by atoms with Crippen LogP contribution >= 0.6 is 0 Å². The molecule has 0 bridgehead atoms. The molecule has 0 aromatic heterocycles. The SMILES string of the molecule is OC1(C(F)(F)F)ONC2C=NCCC21. The summed E-state index contributed by atoms with van der Waals surface area (Å²) in [5.74, 6) is -4.09. The summed E-state index contributed by atoms with van der Waals surface area (Å²) < 4.78 is 37.4. The van der Waals surface area contributed by atoms with E-state index in [1.54, 1.807) is 0 Å². The Bertz CT molecular complexity index is 268. The maximum atomic E-state index is 12.5. The molecule has 1 fully saturated rings. The number of rotatable bonds is 0. The van der Waals surface area contributed by atoms with E-state index in [0.717, 1.165) is 0 Å². The topological polar surface area (TPSA) is 53.9 Å². The highest BCUT2D eigenvalue weighted by Crippen LogP contribution is 2.43. The van der Waals surface area contributed by atoms with Gasteiger partial charge in [0.05, 0.1) is 6.04 Å². The zero-order chi connectivity index (χ0) is 10.4. The summed E-state index contributed by atoms with van der Waals surface area (Å²) in [5, 5.41) is 9.35. The lowest BCUT2D eigenvalue weighted by atomic mass is 9.87. The molecule has 0 radical (unpaired) electrons. The molecule has 0 spiro atoms. The van der Waals surface area contributed by atoms with Crippen molar-refractivity contribution in [2.75, 3.05) is 6.54 Å². The van der Waals surface area contributed by atoms with Crippen LogP contribution in [0.1, 0.15) is 6.42 Å². The molecule has 0 aliphatic carbocycles. The van der Waals surface area contributed by atoms with E-state index >= 15 is 0 Å². The largest absolute Gasteiger partial charge is 0.445 e. The fraction of sp³-hybridized carbons (Fsp3) is 0.857. The van der Waals surface area contributed by atoms with Crippen LogP contribution in [0.3, 0.4) is 0 Å². The highest BCUT2D eigenvalue weighted by molar-refractivity contribution is 5.66. The fourth-order valence-electron chi connectivity index (χ4n) is 1.74. The van der Waals surface area contributed by atoms with Gasteiger partial charge in [-0.25, -0.2) is 0 Å². The normalized spacial score (nSPS) is 42.6. The molecular formula is C7H9F3N2O2. The summed E-state index contributed by atoms with van der Waals surface area (Å²) in [7, 11) is 0. The molecule has 0 aromatic carbocycles. The lowest BCUT2D eigenvalue weighted by molar-refractivity contribution is -0.375. The summed E-state index contributed by atoms with van der Waals surface area (Å²) >= 11 is 0. The van der Waals surface area contributed by atoms with Gasteiger partial charge in [0.2, 0.25) is 0 Å². The van der Waals surface area contributed by atoms with Crippen LogP contribution in [0.5, 0.6) is 0 Å². The molecule has 7 heteroatoms. The second-order valence-electron chi connectivity index (χ2n) is 3.39. The van der Waals surface area contributed by atoms with Crippen molar-refractivity contribution >= 4 is 6.21 Å². The Morgan fingerprint density at radius 1 is 1.57 bits per heavy atom. The van der Waals surface area contributed by atoms with Crippen LogP contribution in [0, 0.1) is 5.92 Å². The van der Waals surface area contributed by atoms with Crippen LogP contribution in [0.25, 0.3) is 0 Å². The van der Waals surface area contributed by atoms with Crippen LogP contribution < -0.4 is 5.48 Å². The fourth-order valence-corrected chi connectivity index (χ4v) is 1.74. The summed E-state index contributed by atoms with van der Waals surface area (Å²) in [6, 6.07) is -0.657. The van der Waals surface area contributed by atoms with E-state index in [4.69, 9.17) is 0 Å². The molecule has 3 unspecified atom stereocenters. The first-order chi connectivity index (χ1) is 6.45. The van der Waals surface area contributed by atoms with E-state index in [2.05, 4.69) is 15.3 Å². The molecule has 1 saturated heterocycles. The van der Waals surface area contributed by atoms with Crippen molar-refractivity contribution in [3.8, 4) is 0 Å². The molecule has 2 heterocycles. The van der Waals surface area contributed by atoms with Gasteiger partial charge in [0.1, 0.15) is 0 Å². The van der Waals surface area contributed by atoms with Crippen molar-refractivity contribution in [1.29, 1.82) is 0 Å². The third-order valence-electron chi connectivity index (χ3n) is 2.53. The number of nitrogens with zero attached hydrogens (tertiary/aromatic N) is 1. The van der Waals surface area contributed by atoms with E-state index in [1.165, 1.54) is 6.21 Å². The molecule has 4 nitrogen and oxygen atoms in total. The monoisotopic (exact) mass is 210 g/mol. The van der Waals surface area contributed by atoms with Crippen molar-refractivity contribution in [2.45, 2.75) is 24.4 Å². The number of halogens is 3. The lowest BCUT2D eigenvalue weighted by Gasteiger charge is -2.30. The zero-order valence-electron chi connectivity index (χ0n) is 7.08. The third kappa shape index (κ3) is 1.23. The molecule has 2 aliphatic heterocycles. The first-order valence-corrected chi connectivity index (χ1v) is 4.18. The number of alkyl halides is 3. The minimum Gasteiger partial charge on any atom is -0.357 e. The molecule has 0 amide bonds. The average molecular weight is 210 g/mol. The van der Waals surface area contributed by atoms with Crippen molar-refractivity contribution in [3.63, 3.8) is 0 Å². The smallest absolute Gasteiger partial charge is 0.357 e. The van der Waals surface area contributed by atoms with Gasteiger partial charge in [-0.2, -0.15) is 18.7 Å². The Hall–Kier alpha value is -0.660. The third-order valence-corrected chi connectivity index (χ3v) is 2.53. The Labute approximate surface area is 77.7 Å². The van der Waals surface area contributed by atoms with Crippen LogP contribution in [0.2, 0.25) is 0 Å². The molecule has 2 rings (SSSR count). The van der Waals surface area contributed by atoms with Gasteiger partial charge in [-0.1, -0.05) is 0 Å². The van der Waals surface area contributed by atoms with Gasteiger partial charge < -0.3 is 5.11 Å². The molecule has 0 saturated carbocycles. The van der Waals surface area contributed by atoms with E-state index in [1.807, 2.05) is 0 Å². The van der Waals surface area contributed by atoms with Gasteiger partial charge in [-0.3, -0.25) is 9.83 Å². The first kappa shape index (κ1) is 9.88. The lowest BCUT2D eigenvalue weighted by Crippen LogP contribution is -2.52. The van der Waals surface area contributed by atoms with Gasteiger partial charge in [0.25, 0.3) is 5.79 Å². The number of hydrogen-bond donors (Lipinski definition) is 2. The molecule has 14 heavy (non-hydrogen) atoms. The van der Waals surface area contributed by atoms with Gasteiger partial charge in [-0.15, -0.1) is 0 Å². The standard InChI is InChI=1S/C7H9F3N2O2/c8-7(9,10)6(13)4-1-2-11-3-5(4)12-14-6/h3-5,12-13H,1-2H2. The van der Waals surface area contributed by atoms with Crippen molar-refractivity contribution < 1.29 is 23.1 Å². The molecule has 80 valence electrons. The molecular weight excluding hydrogens is 201 g/mol. The first-order valence-electron chi connectivity index (χ1n) is 4.18. The summed E-state index contributed by atoms with van der Waals surface area (Å²) in [6.45, 7) is 0.282. The predicted octanol–water partition coefficient (Wildman–Crippen LogP) is 0.231. The van der Waals surface area contributed by atoms with E-state index in [0.29, 0.717) is 0 Å². The van der Waals surface area contributed by atoms with Gasteiger partial charge in [0.15, 0.2) is 0 Å². The number of aliphatic imine (C=N–C) groups is 1. The van der Waals surface area contributed by atoms with Gasteiger partial charge >= 0.3 is 6.18 Å². The number of nitrogens with one attached hydrogen (secondary N) is 1. The molecule has 3 atom stereocenters. The molecule has 0 aromatic rings. The van der Waals surface area contributed by atoms with Crippen molar-refractivity contribution in [3.05, 3.63) is 0 Å². The van der Waals surface area contributed by atoms with Gasteiger partial charge in [-0.05, 0) is 6.42 Å². The van der Waals surface area contributed by atoms with Crippen molar-refractivity contribution in [1.82, 2.24) is 5.48 Å². The Kier molecular flexibility index (Phi) is 2.06. The van der Waals surface area contributed by atoms with Crippen LogP contribution in [0.15, 0.2) is 4.99 Å². The Morgan fingerprint density at radius 2 is 2.29 bits per heavy atom. The van der Waals surface area contributed by atoms with Crippen molar-refractivity contribution in [2.24, 2.45) is 10.9 Å². The summed E-state index contributed by atoms with van der Waals surface area (Å²) in [5.41, 5.74) is 2.14. The summed E-state index contributed by atoms with van der Waals surface area (Å²) in [6.07, 6.45) is -3.29. The highest BCUT2D eigenvalue weighted by Gasteiger charge is 2.66. The second-order valence-corrected chi connectivity index (χ2v) is 3.39. The molecule has 2 N–H and O–H groups in total. The minimum atomic E-state index is -4.79. The Morgan fingerprint density at radius 3 is 2.93 bits per heavy atom. The number of fused-ring (bicyclic) bond motifs is 1. The molecule has 2 aliphatic rings. The zero-order valence-corrected chi connectivity index (χ0v) is 7.08. The van der Waals surface area contributed by atoms with Crippen LogP contribution in [0.4, 0.5) is 13.2 Å². The number of aliphatic hydroxyl groups is 1. The van der Waals surface area contributed by atoms with Crippen LogP contribution in [-0.2, 0) is 4.84 Å². The van der Waals surface area contributed by atoms with E-state index in [-0.39, 0.29) is 13.0 Å². The highest BCUT2D eigenvalue weighted by atomic mass is 19.4. The predicted molar refractivity (Wildman–Crippen MR) is 40.5 cm³/mol. The number of hydroxylamine groups is 1. The minimum absolute atomic E-state index is 0.157. The summed E-state index contributed by atoms with van der Waals surface area (Å²) in [4.78, 5) is 8.06. The van der Waals surface area contributed by atoms with E-state index < -0.39 is 23.9 Å². The maximum Gasteiger partial charge on any atom is 0.445 e. The van der Waals surface area contributed by atoms with Gasteiger partial charge in [0, 0.05) is 18.7 Å². The number of hydrogen-bond acceptors (Lipinski definition) is 4. The Balaban J connectivity index is 2.27. The van der Waals surface area contributed by atoms with Crippen LogP contribution in [-0.4, -0.2) is 35.9 Å². The van der Waals surface area contributed by atoms with E-state index in [9.17, 15) is 18.3 Å². The quantitative estimate of drug-likeness (QED) is 0.601. The maximum absolute atomic E-state index is 12.5. The second kappa shape index (κ2) is 2.91. The average Bonchev–Trinajstić information content (AvgIpc) is 2.45.